The average Bonchev–Trinajstić information content (AvgIpc) is 3.03. The molecule has 1 saturated heterocycles. The number of piperidine rings is 1. The quantitative estimate of drug-likeness (QED) is 0.207. The number of carbonyl (C=O) groups is 1. The van der Waals surface area contributed by atoms with Gasteiger partial charge in [0.2, 0.25) is 0 Å². The summed E-state index contributed by atoms with van der Waals surface area (Å²) in [5.41, 5.74) is 2.40. The molecular weight excluding hydrogens is 445 g/mol. The van der Waals surface area contributed by atoms with Crippen LogP contribution in [0.2, 0.25) is 0 Å². The molecule has 148 valence electrons. The molecule has 1 aromatic heterocycles. The van der Waals surface area contributed by atoms with Gasteiger partial charge in [-0.3, -0.25) is 14.9 Å². The predicted molar refractivity (Wildman–Crippen MR) is 114 cm³/mol. The van der Waals surface area contributed by atoms with E-state index in [2.05, 4.69) is 27.3 Å². The number of aryl methyl sites for hydroxylation is 2. The van der Waals surface area contributed by atoms with Crippen molar-refractivity contribution in [2.75, 3.05) is 32.8 Å². The number of aliphatic imine (C=N–C) groups is 1. The zero-order chi connectivity index (χ0) is 18.1. The van der Waals surface area contributed by atoms with E-state index in [4.69, 9.17) is 9.73 Å². The van der Waals surface area contributed by atoms with Crippen LogP contribution in [-0.2, 0) is 16.0 Å². The SMILES string of the molecule is CCNC(=NCCCc1cn[nH]c1C)N1CCC(C(=O)OCC)CC1.I. The van der Waals surface area contributed by atoms with Crippen molar-refractivity contribution >= 4 is 35.9 Å². The molecule has 7 nitrogen and oxygen atoms in total. The van der Waals surface area contributed by atoms with Crippen LogP contribution in [0.3, 0.4) is 0 Å². The first-order valence-corrected chi connectivity index (χ1v) is 9.34. The van der Waals surface area contributed by atoms with Crippen LogP contribution in [0.1, 0.15) is 44.4 Å². The van der Waals surface area contributed by atoms with Crippen molar-refractivity contribution in [2.45, 2.75) is 46.5 Å². The Morgan fingerprint density at radius 3 is 2.73 bits per heavy atom. The summed E-state index contributed by atoms with van der Waals surface area (Å²) in [5.74, 6) is 0.927. The van der Waals surface area contributed by atoms with Gasteiger partial charge in [0.1, 0.15) is 0 Å². The molecule has 8 heteroatoms. The number of nitrogens with zero attached hydrogens (tertiary/aromatic N) is 3. The molecule has 0 amide bonds. The van der Waals surface area contributed by atoms with Crippen LogP contribution in [0.15, 0.2) is 11.2 Å². The topological polar surface area (TPSA) is 82.6 Å². The number of halogens is 1. The van der Waals surface area contributed by atoms with Crippen LogP contribution >= 0.6 is 24.0 Å². The smallest absolute Gasteiger partial charge is 0.309 e. The lowest BCUT2D eigenvalue weighted by Crippen LogP contribution is -2.46. The lowest BCUT2D eigenvalue weighted by molar-refractivity contribution is -0.149. The number of guanidine groups is 1. The molecule has 1 aliphatic rings. The highest BCUT2D eigenvalue weighted by Crippen LogP contribution is 2.18. The maximum Gasteiger partial charge on any atom is 0.309 e. The minimum absolute atomic E-state index is 0. The van der Waals surface area contributed by atoms with Crippen molar-refractivity contribution in [2.24, 2.45) is 10.9 Å². The lowest BCUT2D eigenvalue weighted by Gasteiger charge is -2.33. The van der Waals surface area contributed by atoms with E-state index in [1.165, 1.54) is 5.56 Å². The van der Waals surface area contributed by atoms with Crippen molar-refractivity contribution in [3.8, 4) is 0 Å². The number of ether oxygens (including phenoxy) is 1. The number of hydrogen-bond donors (Lipinski definition) is 2. The molecule has 1 aliphatic heterocycles. The molecule has 2 rings (SSSR count). The van der Waals surface area contributed by atoms with Gasteiger partial charge >= 0.3 is 5.97 Å². The summed E-state index contributed by atoms with van der Waals surface area (Å²) in [6.07, 6.45) is 5.53. The molecule has 0 aliphatic carbocycles. The third-order valence-corrected chi connectivity index (χ3v) is 4.55. The monoisotopic (exact) mass is 477 g/mol. The van der Waals surface area contributed by atoms with Gasteiger partial charge in [0.05, 0.1) is 18.7 Å². The molecule has 2 N–H and O–H groups in total. The predicted octanol–water partition coefficient (Wildman–Crippen LogP) is 2.51. The third-order valence-electron chi connectivity index (χ3n) is 4.55. The highest BCUT2D eigenvalue weighted by molar-refractivity contribution is 14.0. The molecular formula is C18H32IN5O2. The zero-order valence-electron chi connectivity index (χ0n) is 16.1. The summed E-state index contributed by atoms with van der Waals surface area (Å²) in [4.78, 5) is 18.9. The van der Waals surface area contributed by atoms with Crippen LogP contribution in [0.25, 0.3) is 0 Å². The minimum Gasteiger partial charge on any atom is -0.466 e. The average molecular weight is 477 g/mol. The maximum absolute atomic E-state index is 11.9. The Morgan fingerprint density at radius 2 is 2.15 bits per heavy atom. The van der Waals surface area contributed by atoms with Crippen LogP contribution in [-0.4, -0.2) is 59.8 Å². The zero-order valence-corrected chi connectivity index (χ0v) is 18.4. The number of likely N-dealkylation sites (tertiary alicyclic amines) is 1. The Labute approximate surface area is 173 Å². The van der Waals surface area contributed by atoms with E-state index in [1.807, 2.05) is 20.0 Å². The van der Waals surface area contributed by atoms with Gasteiger partial charge in [-0.2, -0.15) is 5.10 Å². The highest BCUT2D eigenvalue weighted by atomic mass is 127. The second-order valence-electron chi connectivity index (χ2n) is 6.37. The van der Waals surface area contributed by atoms with Crippen LogP contribution in [0.4, 0.5) is 0 Å². The number of hydrogen-bond acceptors (Lipinski definition) is 4. The summed E-state index contributed by atoms with van der Waals surface area (Å²) < 4.78 is 5.14. The molecule has 26 heavy (non-hydrogen) atoms. The highest BCUT2D eigenvalue weighted by Gasteiger charge is 2.27. The molecule has 0 spiro atoms. The number of carbonyl (C=O) groups excluding carboxylic acids is 1. The lowest BCUT2D eigenvalue weighted by atomic mass is 9.97. The number of esters is 1. The third kappa shape index (κ3) is 6.77. The molecule has 2 heterocycles. The molecule has 1 fully saturated rings. The largest absolute Gasteiger partial charge is 0.466 e. The number of nitrogens with one attached hydrogen (secondary N) is 2. The summed E-state index contributed by atoms with van der Waals surface area (Å²) in [7, 11) is 0. The van der Waals surface area contributed by atoms with Gasteiger partial charge < -0.3 is 15.0 Å². The molecule has 0 saturated carbocycles. The fraction of sp³-hybridized carbons (Fsp3) is 0.722. The number of rotatable bonds is 7. The summed E-state index contributed by atoms with van der Waals surface area (Å²) in [6.45, 7) is 9.75. The Bertz CT molecular complexity index is 568. The Balaban J connectivity index is 0.00000338. The van der Waals surface area contributed by atoms with Crippen molar-refractivity contribution < 1.29 is 9.53 Å². The molecule has 0 aromatic carbocycles. The fourth-order valence-corrected chi connectivity index (χ4v) is 3.10. The second-order valence-corrected chi connectivity index (χ2v) is 6.37. The molecule has 0 bridgehead atoms. The van der Waals surface area contributed by atoms with E-state index >= 15 is 0 Å². The minimum atomic E-state index is -0.0560. The van der Waals surface area contributed by atoms with E-state index in [9.17, 15) is 4.79 Å². The Morgan fingerprint density at radius 1 is 1.42 bits per heavy atom. The van der Waals surface area contributed by atoms with E-state index in [1.54, 1.807) is 0 Å². The van der Waals surface area contributed by atoms with Gasteiger partial charge in [0.25, 0.3) is 0 Å². The van der Waals surface area contributed by atoms with E-state index in [0.29, 0.717) is 6.61 Å². The number of aromatic amines is 1. The molecule has 0 radical (unpaired) electrons. The standard InChI is InChI=1S/C18H31N5O2.HI/c1-4-19-18(20-10-6-7-16-13-21-22-14(16)3)23-11-8-15(9-12-23)17(24)25-5-2;/h13,15H,4-12H2,1-3H3,(H,19,20)(H,21,22);1H. The second kappa shape index (κ2) is 12.1. The van der Waals surface area contributed by atoms with Gasteiger partial charge in [-0.1, -0.05) is 0 Å². The number of H-pyrrole nitrogens is 1. The first-order valence-electron chi connectivity index (χ1n) is 9.34. The van der Waals surface area contributed by atoms with Crippen molar-refractivity contribution in [1.82, 2.24) is 20.4 Å². The van der Waals surface area contributed by atoms with Gasteiger partial charge in [0.15, 0.2) is 5.96 Å². The van der Waals surface area contributed by atoms with Crippen LogP contribution < -0.4 is 5.32 Å². The van der Waals surface area contributed by atoms with Crippen LogP contribution in [0.5, 0.6) is 0 Å². The van der Waals surface area contributed by atoms with Crippen molar-refractivity contribution in [3.63, 3.8) is 0 Å². The van der Waals surface area contributed by atoms with E-state index in [0.717, 1.165) is 63.5 Å². The van der Waals surface area contributed by atoms with E-state index < -0.39 is 0 Å². The Kier molecular flexibility index (Phi) is 10.6. The summed E-state index contributed by atoms with van der Waals surface area (Å²) >= 11 is 0. The van der Waals surface area contributed by atoms with Gasteiger partial charge in [-0.25, -0.2) is 0 Å². The van der Waals surface area contributed by atoms with Crippen molar-refractivity contribution in [1.29, 1.82) is 0 Å². The van der Waals surface area contributed by atoms with Gasteiger partial charge in [0, 0.05) is 31.9 Å². The molecule has 0 unspecified atom stereocenters. The van der Waals surface area contributed by atoms with Crippen molar-refractivity contribution in [3.05, 3.63) is 17.5 Å². The fourth-order valence-electron chi connectivity index (χ4n) is 3.10. The summed E-state index contributed by atoms with van der Waals surface area (Å²) in [5, 5.41) is 10.4. The molecule has 1 aromatic rings. The molecule has 0 atom stereocenters. The van der Waals surface area contributed by atoms with Gasteiger partial charge in [-0.15, -0.1) is 24.0 Å². The Hall–Kier alpha value is -1.32. The summed E-state index contributed by atoms with van der Waals surface area (Å²) in [6, 6.07) is 0. The maximum atomic E-state index is 11.9. The normalized spacial score (nSPS) is 15.5. The first-order chi connectivity index (χ1) is 12.2. The first kappa shape index (κ1) is 22.7. The van der Waals surface area contributed by atoms with Gasteiger partial charge in [-0.05, 0) is 52.0 Å². The van der Waals surface area contributed by atoms with Crippen LogP contribution in [0, 0.1) is 12.8 Å². The number of aromatic nitrogens is 2. The van der Waals surface area contributed by atoms with E-state index in [-0.39, 0.29) is 35.9 Å².